The normalized spacial score (nSPS) is 17.9. The quantitative estimate of drug-likeness (QED) is 0.761. The molecule has 2 amide bonds. The monoisotopic (exact) mass is 404 g/mol. The molecule has 2 fully saturated rings. The summed E-state index contributed by atoms with van der Waals surface area (Å²) < 4.78 is 18.5. The Balaban J connectivity index is 1.40. The summed E-state index contributed by atoms with van der Waals surface area (Å²) in [7, 11) is 0. The molecular weight excluding hydrogens is 383 g/mol. The van der Waals surface area contributed by atoms with E-state index in [1.165, 1.54) is 23.5 Å². The lowest BCUT2D eigenvalue weighted by Crippen LogP contribution is -2.46. The zero-order valence-electron chi connectivity index (χ0n) is 15.5. The Morgan fingerprint density at radius 3 is 2.50 bits per heavy atom. The Bertz CT molecular complexity index is 889. The lowest BCUT2D eigenvalue weighted by Gasteiger charge is -2.25. The number of aryl methyl sites for hydroxylation is 1. The first-order valence-corrected chi connectivity index (χ1v) is 9.98. The predicted octanol–water partition coefficient (Wildman–Crippen LogP) is 1.92. The maximum atomic E-state index is 13.1. The van der Waals surface area contributed by atoms with Gasteiger partial charge in [-0.05, 0) is 37.5 Å². The van der Waals surface area contributed by atoms with Crippen LogP contribution in [0.1, 0.15) is 33.8 Å². The number of hydrogen-bond acceptors (Lipinski definition) is 6. The molecule has 1 aromatic heterocycles. The fourth-order valence-corrected chi connectivity index (χ4v) is 4.33. The van der Waals surface area contributed by atoms with Gasteiger partial charge in [0.05, 0.1) is 24.3 Å². The van der Waals surface area contributed by atoms with Gasteiger partial charge in [0.15, 0.2) is 5.13 Å². The number of carbonyl (C=O) groups excluding carboxylic acids is 2. The molecule has 2 heterocycles. The Hall–Kier alpha value is -2.52. The maximum Gasteiger partial charge on any atom is 0.281 e. The third kappa shape index (κ3) is 3.59. The number of aromatic nitrogens is 1. The van der Waals surface area contributed by atoms with E-state index in [1.807, 2.05) is 0 Å². The van der Waals surface area contributed by atoms with Crippen LogP contribution in [0.2, 0.25) is 0 Å². The third-order valence-electron chi connectivity index (χ3n) is 5.14. The molecule has 0 bridgehead atoms. The second-order valence-corrected chi connectivity index (χ2v) is 7.99. The van der Waals surface area contributed by atoms with Gasteiger partial charge in [0.1, 0.15) is 10.7 Å². The van der Waals surface area contributed by atoms with Crippen molar-refractivity contribution in [2.45, 2.75) is 25.2 Å². The molecule has 1 aromatic carbocycles. The molecule has 28 heavy (non-hydrogen) atoms. The standard InChI is InChI=1S/C19H21FN4O3S/c1-12-15(28-18(21-12)24-8-10-27-11-9-24)16(25)22-23-17(26)19(6-7-19)13-2-4-14(20)5-3-13/h2-5H,6-11H2,1H3,(H,22,25)(H,23,26). The van der Waals surface area contributed by atoms with Gasteiger partial charge in [-0.3, -0.25) is 20.4 Å². The number of amides is 2. The van der Waals surface area contributed by atoms with Crippen LogP contribution in [0, 0.1) is 12.7 Å². The number of carbonyl (C=O) groups is 2. The van der Waals surface area contributed by atoms with Crippen molar-refractivity contribution in [1.29, 1.82) is 0 Å². The topological polar surface area (TPSA) is 83.6 Å². The molecule has 9 heteroatoms. The zero-order valence-corrected chi connectivity index (χ0v) is 16.3. The minimum Gasteiger partial charge on any atom is -0.378 e. The number of nitrogens with one attached hydrogen (secondary N) is 2. The molecule has 0 radical (unpaired) electrons. The van der Waals surface area contributed by atoms with Gasteiger partial charge < -0.3 is 9.64 Å². The number of morpholine rings is 1. The van der Waals surface area contributed by atoms with Crippen molar-refractivity contribution in [2.75, 3.05) is 31.2 Å². The molecule has 4 rings (SSSR count). The SMILES string of the molecule is Cc1nc(N2CCOCC2)sc1C(=O)NNC(=O)C1(c2ccc(F)cc2)CC1. The zero-order chi connectivity index (χ0) is 19.7. The number of thiazole rings is 1. The summed E-state index contributed by atoms with van der Waals surface area (Å²) in [6, 6.07) is 5.92. The van der Waals surface area contributed by atoms with E-state index >= 15 is 0 Å². The van der Waals surface area contributed by atoms with Gasteiger partial charge >= 0.3 is 0 Å². The highest BCUT2D eigenvalue weighted by Crippen LogP contribution is 2.48. The Labute approximate surface area is 165 Å². The highest BCUT2D eigenvalue weighted by Gasteiger charge is 2.51. The first kappa shape index (κ1) is 18.8. The fourth-order valence-electron chi connectivity index (χ4n) is 3.31. The van der Waals surface area contributed by atoms with Crippen LogP contribution in [0.4, 0.5) is 9.52 Å². The van der Waals surface area contributed by atoms with Gasteiger partial charge in [-0.25, -0.2) is 9.37 Å². The lowest BCUT2D eigenvalue weighted by atomic mass is 9.95. The van der Waals surface area contributed by atoms with Crippen LogP contribution in [0.25, 0.3) is 0 Å². The summed E-state index contributed by atoms with van der Waals surface area (Å²) in [4.78, 5) is 32.2. The van der Waals surface area contributed by atoms with E-state index in [4.69, 9.17) is 4.74 Å². The van der Waals surface area contributed by atoms with Gasteiger partial charge in [-0.15, -0.1) is 0 Å². The summed E-state index contributed by atoms with van der Waals surface area (Å²) >= 11 is 1.30. The Kier molecular flexibility index (Phi) is 5.03. The molecule has 7 nitrogen and oxygen atoms in total. The second-order valence-electron chi connectivity index (χ2n) is 7.01. The number of benzene rings is 1. The molecule has 148 valence electrons. The average molecular weight is 404 g/mol. The van der Waals surface area contributed by atoms with Crippen LogP contribution < -0.4 is 15.8 Å². The van der Waals surface area contributed by atoms with Crippen molar-refractivity contribution in [3.63, 3.8) is 0 Å². The molecule has 0 atom stereocenters. The average Bonchev–Trinajstić information content (AvgIpc) is 3.43. The molecular formula is C19H21FN4O3S. The van der Waals surface area contributed by atoms with E-state index in [9.17, 15) is 14.0 Å². The van der Waals surface area contributed by atoms with E-state index in [2.05, 4.69) is 20.7 Å². The van der Waals surface area contributed by atoms with Gasteiger partial charge in [-0.2, -0.15) is 0 Å². The number of halogens is 1. The van der Waals surface area contributed by atoms with E-state index in [-0.39, 0.29) is 11.7 Å². The Morgan fingerprint density at radius 1 is 1.18 bits per heavy atom. The fraction of sp³-hybridized carbons (Fsp3) is 0.421. The van der Waals surface area contributed by atoms with E-state index in [1.54, 1.807) is 19.1 Å². The van der Waals surface area contributed by atoms with Crippen LogP contribution in [-0.2, 0) is 14.9 Å². The number of anilines is 1. The number of nitrogens with zero attached hydrogens (tertiary/aromatic N) is 2. The van der Waals surface area contributed by atoms with Crippen LogP contribution >= 0.6 is 11.3 Å². The van der Waals surface area contributed by atoms with Gasteiger partial charge in [0, 0.05) is 13.1 Å². The van der Waals surface area contributed by atoms with Crippen molar-refractivity contribution < 1.29 is 18.7 Å². The van der Waals surface area contributed by atoms with E-state index in [0.29, 0.717) is 36.6 Å². The Morgan fingerprint density at radius 2 is 1.86 bits per heavy atom. The summed E-state index contributed by atoms with van der Waals surface area (Å²) in [6.07, 6.45) is 1.34. The molecule has 0 spiro atoms. The van der Waals surface area contributed by atoms with Crippen LogP contribution in [-0.4, -0.2) is 43.1 Å². The lowest BCUT2D eigenvalue weighted by molar-refractivity contribution is -0.124. The first-order valence-electron chi connectivity index (χ1n) is 9.16. The van der Waals surface area contributed by atoms with Crippen molar-refractivity contribution in [1.82, 2.24) is 15.8 Å². The van der Waals surface area contributed by atoms with Crippen LogP contribution in [0.3, 0.4) is 0 Å². The number of hydrazine groups is 1. The summed E-state index contributed by atoms with van der Waals surface area (Å²) in [6.45, 7) is 4.54. The van der Waals surface area contributed by atoms with Gasteiger partial charge in [0.25, 0.3) is 5.91 Å². The largest absolute Gasteiger partial charge is 0.378 e. The molecule has 2 aromatic rings. The number of rotatable bonds is 4. The molecule has 1 aliphatic carbocycles. The van der Waals surface area contributed by atoms with E-state index < -0.39 is 11.3 Å². The van der Waals surface area contributed by atoms with Gasteiger partial charge in [0.2, 0.25) is 5.91 Å². The van der Waals surface area contributed by atoms with Gasteiger partial charge in [-0.1, -0.05) is 23.5 Å². The molecule has 1 aliphatic heterocycles. The summed E-state index contributed by atoms with van der Waals surface area (Å²) in [5, 5.41) is 0.780. The molecule has 2 aliphatic rings. The second kappa shape index (κ2) is 7.48. The molecule has 1 saturated carbocycles. The first-order chi connectivity index (χ1) is 13.5. The van der Waals surface area contributed by atoms with Crippen molar-refractivity contribution >= 4 is 28.3 Å². The van der Waals surface area contributed by atoms with Crippen molar-refractivity contribution in [2.24, 2.45) is 0 Å². The number of hydrogen-bond donors (Lipinski definition) is 2. The highest BCUT2D eigenvalue weighted by atomic mass is 32.1. The highest BCUT2D eigenvalue weighted by molar-refractivity contribution is 7.17. The van der Waals surface area contributed by atoms with Crippen molar-refractivity contribution in [3.05, 3.63) is 46.2 Å². The summed E-state index contributed by atoms with van der Waals surface area (Å²) in [5.41, 5.74) is 5.71. The van der Waals surface area contributed by atoms with Crippen LogP contribution in [0.5, 0.6) is 0 Å². The van der Waals surface area contributed by atoms with Crippen molar-refractivity contribution in [3.8, 4) is 0 Å². The smallest absolute Gasteiger partial charge is 0.281 e. The minimum absolute atomic E-state index is 0.289. The van der Waals surface area contributed by atoms with Crippen LogP contribution in [0.15, 0.2) is 24.3 Å². The van der Waals surface area contributed by atoms with E-state index in [0.717, 1.165) is 23.8 Å². The molecule has 1 saturated heterocycles. The predicted molar refractivity (Wildman–Crippen MR) is 103 cm³/mol. The third-order valence-corrected chi connectivity index (χ3v) is 6.36. The summed E-state index contributed by atoms with van der Waals surface area (Å²) in [5.74, 6) is -1.02. The molecule has 2 N–H and O–H groups in total. The minimum atomic E-state index is -0.692. The maximum absolute atomic E-state index is 13.1. The number of ether oxygens (including phenoxy) is 1. The molecule has 0 unspecified atom stereocenters.